The Morgan fingerprint density at radius 3 is 2.67 bits per heavy atom. The maximum Gasteiger partial charge on any atom is 0.263 e. The molecule has 1 fully saturated rings. The molecule has 3 rings (SSSR count). The largest absolute Gasteiger partial charge is 0.390 e. The first-order valence-corrected chi connectivity index (χ1v) is 8.08. The van der Waals surface area contributed by atoms with Crippen LogP contribution >= 0.6 is 0 Å². The lowest BCUT2D eigenvalue weighted by molar-refractivity contribution is 0.270. The number of nitrogens with one attached hydrogen (secondary N) is 1. The number of hydrogen-bond donors (Lipinski definition) is 2. The number of aliphatic hydroxyl groups excluding tert-OH is 1. The van der Waals surface area contributed by atoms with Crippen molar-refractivity contribution in [3.63, 3.8) is 0 Å². The van der Waals surface area contributed by atoms with Crippen molar-refractivity contribution in [1.82, 2.24) is 4.57 Å². The fourth-order valence-corrected chi connectivity index (χ4v) is 3.33. The molecule has 112 valence electrons. The molecule has 0 unspecified atom stereocenters. The first kappa shape index (κ1) is 14.1. The number of sulfonamides is 1. The standard InChI is InChI=1S/C14H15FN2O3S/c15-13-3-1-2-4-14(13)16-21(19,20)12-7-11(9-18)17(8-12)10-5-6-10/h1-4,7-8,10,16,18H,5-6,9H2. The highest BCUT2D eigenvalue weighted by molar-refractivity contribution is 7.92. The summed E-state index contributed by atoms with van der Waals surface area (Å²) in [5, 5.41) is 9.31. The molecule has 0 amide bonds. The number of para-hydroxylation sites is 1. The lowest BCUT2D eigenvalue weighted by Gasteiger charge is -2.07. The second-order valence-corrected chi connectivity index (χ2v) is 6.73. The van der Waals surface area contributed by atoms with Crippen LogP contribution in [-0.2, 0) is 16.6 Å². The van der Waals surface area contributed by atoms with Crippen LogP contribution in [0.1, 0.15) is 24.6 Å². The minimum absolute atomic E-state index is 0.0294. The molecule has 1 aromatic heterocycles. The van der Waals surface area contributed by atoms with Gasteiger partial charge < -0.3 is 9.67 Å². The van der Waals surface area contributed by atoms with Crippen molar-refractivity contribution in [2.45, 2.75) is 30.4 Å². The van der Waals surface area contributed by atoms with Gasteiger partial charge in [-0.1, -0.05) is 12.1 Å². The molecule has 0 saturated heterocycles. The fourth-order valence-electron chi connectivity index (χ4n) is 2.21. The quantitative estimate of drug-likeness (QED) is 0.890. The van der Waals surface area contributed by atoms with Gasteiger partial charge in [-0.3, -0.25) is 4.72 Å². The van der Waals surface area contributed by atoms with E-state index >= 15 is 0 Å². The van der Waals surface area contributed by atoms with E-state index in [1.807, 2.05) is 0 Å². The van der Waals surface area contributed by atoms with Gasteiger partial charge in [0.1, 0.15) is 10.7 Å². The van der Waals surface area contributed by atoms with Crippen LogP contribution in [0, 0.1) is 5.82 Å². The molecular weight excluding hydrogens is 295 g/mol. The smallest absolute Gasteiger partial charge is 0.263 e. The fraction of sp³-hybridized carbons (Fsp3) is 0.286. The highest BCUT2D eigenvalue weighted by Crippen LogP contribution is 2.37. The molecule has 1 aliphatic rings. The number of halogens is 1. The van der Waals surface area contributed by atoms with Crippen LogP contribution in [0.15, 0.2) is 41.4 Å². The molecule has 1 aromatic carbocycles. The summed E-state index contributed by atoms with van der Waals surface area (Å²) in [6.07, 6.45) is 3.44. The van der Waals surface area contributed by atoms with Crippen molar-refractivity contribution in [2.75, 3.05) is 4.72 Å². The summed E-state index contributed by atoms with van der Waals surface area (Å²) in [6.45, 7) is -0.230. The molecule has 1 saturated carbocycles. The highest BCUT2D eigenvalue weighted by Gasteiger charge is 2.28. The molecule has 0 aliphatic heterocycles. The predicted octanol–water partition coefficient (Wildman–Crippen LogP) is 2.26. The van der Waals surface area contributed by atoms with Gasteiger partial charge in [0.25, 0.3) is 10.0 Å². The van der Waals surface area contributed by atoms with Crippen LogP contribution < -0.4 is 4.72 Å². The van der Waals surface area contributed by atoms with Crippen molar-refractivity contribution >= 4 is 15.7 Å². The molecule has 0 atom stereocenters. The zero-order valence-corrected chi connectivity index (χ0v) is 12.0. The van der Waals surface area contributed by atoms with E-state index in [9.17, 15) is 17.9 Å². The normalized spacial score (nSPS) is 15.1. The Labute approximate surface area is 122 Å². The molecule has 0 spiro atoms. The van der Waals surface area contributed by atoms with E-state index in [4.69, 9.17) is 0 Å². The van der Waals surface area contributed by atoms with Crippen LogP contribution in [0.4, 0.5) is 10.1 Å². The van der Waals surface area contributed by atoms with E-state index in [1.54, 1.807) is 10.6 Å². The average molecular weight is 310 g/mol. The van der Waals surface area contributed by atoms with Gasteiger partial charge in [0, 0.05) is 17.9 Å². The zero-order valence-electron chi connectivity index (χ0n) is 11.2. The van der Waals surface area contributed by atoms with Crippen molar-refractivity contribution in [3.05, 3.63) is 48.0 Å². The Morgan fingerprint density at radius 2 is 2.05 bits per heavy atom. The monoisotopic (exact) mass is 310 g/mol. The second kappa shape index (κ2) is 5.16. The summed E-state index contributed by atoms with van der Waals surface area (Å²) in [4.78, 5) is 0.0294. The molecule has 1 heterocycles. The van der Waals surface area contributed by atoms with Crippen LogP contribution in [0.25, 0.3) is 0 Å². The number of rotatable bonds is 5. The van der Waals surface area contributed by atoms with Gasteiger partial charge in [-0.15, -0.1) is 0 Å². The van der Waals surface area contributed by atoms with Gasteiger partial charge in [-0.2, -0.15) is 0 Å². The van der Waals surface area contributed by atoms with E-state index in [0.717, 1.165) is 12.8 Å². The number of aliphatic hydroxyl groups is 1. The number of hydrogen-bond acceptors (Lipinski definition) is 3. The Morgan fingerprint density at radius 1 is 1.33 bits per heavy atom. The van der Waals surface area contributed by atoms with Crippen LogP contribution in [0.3, 0.4) is 0 Å². The summed E-state index contributed by atoms with van der Waals surface area (Å²) in [5.74, 6) is -0.634. The van der Waals surface area contributed by atoms with Gasteiger partial charge in [-0.25, -0.2) is 12.8 Å². The molecule has 2 aromatic rings. The molecule has 21 heavy (non-hydrogen) atoms. The maximum atomic E-state index is 13.6. The number of benzene rings is 1. The molecule has 5 nitrogen and oxygen atoms in total. The van der Waals surface area contributed by atoms with Gasteiger partial charge in [-0.05, 0) is 31.0 Å². The minimum Gasteiger partial charge on any atom is -0.390 e. The molecule has 0 radical (unpaired) electrons. The van der Waals surface area contributed by atoms with Gasteiger partial charge in [0.15, 0.2) is 0 Å². The summed E-state index contributed by atoms with van der Waals surface area (Å²) in [7, 11) is -3.88. The topological polar surface area (TPSA) is 71.3 Å². The Kier molecular flexibility index (Phi) is 3.46. The molecule has 7 heteroatoms. The highest BCUT2D eigenvalue weighted by atomic mass is 32.2. The van der Waals surface area contributed by atoms with E-state index in [2.05, 4.69) is 4.72 Å². The number of aromatic nitrogens is 1. The van der Waals surface area contributed by atoms with E-state index in [0.29, 0.717) is 5.69 Å². The van der Waals surface area contributed by atoms with Crippen molar-refractivity contribution in [2.24, 2.45) is 0 Å². The third-order valence-corrected chi connectivity index (χ3v) is 4.77. The zero-order chi connectivity index (χ0) is 15.0. The molecular formula is C14H15FN2O3S. The maximum absolute atomic E-state index is 13.6. The molecule has 0 bridgehead atoms. The SMILES string of the molecule is O=S(=O)(Nc1ccccc1F)c1cc(CO)n(C2CC2)c1. The number of anilines is 1. The minimum atomic E-state index is -3.88. The van der Waals surface area contributed by atoms with Crippen molar-refractivity contribution in [3.8, 4) is 0 Å². The third kappa shape index (κ3) is 2.79. The van der Waals surface area contributed by atoms with Crippen LogP contribution in [-0.4, -0.2) is 18.1 Å². The van der Waals surface area contributed by atoms with Gasteiger partial charge in [0.05, 0.1) is 12.3 Å². The Bertz CT molecular complexity index is 766. The summed E-state index contributed by atoms with van der Waals surface area (Å²) >= 11 is 0. The second-order valence-electron chi connectivity index (χ2n) is 5.05. The molecule has 1 aliphatic carbocycles. The lowest BCUT2D eigenvalue weighted by Crippen LogP contribution is -2.13. The number of nitrogens with zero attached hydrogens (tertiary/aromatic N) is 1. The summed E-state index contributed by atoms with van der Waals surface area (Å²) in [5.41, 5.74) is 0.452. The first-order valence-electron chi connectivity index (χ1n) is 6.60. The summed E-state index contributed by atoms with van der Waals surface area (Å²) < 4.78 is 42.2. The lowest BCUT2D eigenvalue weighted by atomic mass is 10.3. The van der Waals surface area contributed by atoms with Crippen LogP contribution in [0.5, 0.6) is 0 Å². The van der Waals surface area contributed by atoms with Gasteiger partial charge >= 0.3 is 0 Å². The van der Waals surface area contributed by atoms with Crippen molar-refractivity contribution in [1.29, 1.82) is 0 Å². The summed E-state index contributed by atoms with van der Waals surface area (Å²) in [6, 6.07) is 7.26. The predicted molar refractivity (Wildman–Crippen MR) is 75.8 cm³/mol. The third-order valence-electron chi connectivity index (χ3n) is 3.44. The Balaban J connectivity index is 1.93. The van der Waals surface area contributed by atoms with E-state index in [-0.39, 0.29) is 23.2 Å². The van der Waals surface area contributed by atoms with E-state index in [1.165, 1.54) is 30.5 Å². The van der Waals surface area contributed by atoms with Crippen molar-refractivity contribution < 1.29 is 17.9 Å². The van der Waals surface area contributed by atoms with E-state index < -0.39 is 15.8 Å². The molecule has 2 N–H and O–H groups in total. The Hall–Kier alpha value is -1.86. The van der Waals surface area contributed by atoms with Gasteiger partial charge in [0.2, 0.25) is 0 Å². The van der Waals surface area contributed by atoms with Crippen LogP contribution in [0.2, 0.25) is 0 Å². The average Bonchev–Trinajstić information content (AvgIpc) is 3.19. The first-order chi connectivity index (χ1) is 10.0.